The monoisotopic (exact) mass is 505 g/mol. The van der Waals surface area contributed by atoms with Crippen molar-refractivity contribution in [3.63, 3.8) is 0 Å². The first-order valence-corrected chi connectivity index (χ1v) is 11.8. The van der Waals surface area contributed by atoms with Crippen LogP contribution >= 0.6 is 34.8 Å². The third-order valence-corrected chi connectivity index (χ3v) is 6.83. The summed E-state index contributed by atoms with van der Waals surface area (Å²) in [5.74, 6) is 0.481. The number of halogens is 3. The molecule has 1 saturated heterocycles. The van der Waals surface area contributed by atoms with Crippen LogP contribution in [0.25, 0.3) is 0 Å². The van der Waals surface area contributed by atoms with Crippen LogP contribution in [0.5, 0.6) is 5.88 Å². The lowest BCUT2D eigenvalue weighted by Crippen LogP contribution is -2.52. The summed E-state index contributed by atoms with van der Waals surface area (Å²) in [6, 6.07) is 17.1. The molecule has 3 aromatic rings. The second-order valence-corrected chi connectivity index (χ2v) is 9.73. The Balaban J connectivity index is 1.61. The van der Waals surface area contributed by atoms with E-state index in [1.165, 1.54) is 0 Å². The van der Waals surface area contributed by atoms with Gasteiger partial charge in [0.25, 0.3) is 0 Å². The van der Waals surface area contributed by atoms with Crippen LogP contribution in [-0.2, 0) is 5.60 Å². The lowest BCUT2D eigenvalue weighted by atomic mass is 9.94. The van der Waals surface area contributed by atoms with Crippen molar-refractivity contribution in [3.8, 4) is 5.88 Å². The smallest absolute Gasteiger partial charge is 0.213 e. The molecule has 0 aliphatic carbocycles. The van der Waals surface area contributed by atoms with Gasteiger partial charge in [0.05, 0.1) is 29.5 Å². The fourth-order valence-electron chi connectivity index (χ4n) is 4.34. The number of benzene rings is 2. The summed E-state index contributed by atoms with van der Waals surface area (Å²) in [6.07, 6.45) is 1.65. The van der Waals surface area contributed by atoms with E-state index in [1.807, 2.05) is 49.4 Å². The van der Waals surface area contributed by atoms with Gasteiger partial charge in [-0.3, -0.25) is 4.90 Å². The third kappa shape index (κ3) is 5.56. The molecule has 33 heavy (non-hydrogen) atoms. The van der Waals surface area contributed by atoms with Crippen LogP contribution in [0.15, 0.2) is 60.8 Å². The van der Waals surface area contributed by atoms with Gasteiger partial charge in [0, 0.05) is 48.5 Å². The molecule has 0 saturated carbocycles. The summed E-state index contributed by atoms with van der Waals surface area (Å²) in [6.45, 7) is 4.50. The van der Waals surface area contributed by atoms with E-state index in [2.05, 4.69) is 14.8 Å². The first-order chi connectivity index (χ1) is 15.8. The molecule has 4 rings (SSSR count). The van der Waals surface area contributed by atoms with Crippen molar-refractivity contribution in [1.82, 2.24) is 9.88 Å². The van der Waals surface area contributed by atoms with E-state index in [-0.39, 0.29) is 6.04 Å². The first-order valence-electron chi connectivity index (χ1n) is 10.7. The maximum atomic E-state index is 11.3. The number of nitrogens with zero attached hydrogens (tertiary/aromatic N) is 3. The minimum Gasteiger partial charge on any atom is -0.481 e. The molecule has 1 N–H and O–H groups in total. The van der Waals surface area contributed by atoms with Crippen molar-refractivity contribution in [2.75, 3.05) is 38.2 Å². The average Bonchev–Trinajstić information content (AvgIpc) is 2.80. The molecule has 1 fully saturated rings. The summed E-state index contributed by atoms with van der Waals surface area (Å²) in [5, 5.41) is 13.2. The molecule has 1 unspecified atom stereocenters. The van der Waals surface area contributed by atoms with Gasteiger partial charge in [-0.1, -0.05) is 46.9 Å². The summed E-state index contributed by atoms with van der Waals surface area (Å²) >= 11 is 18.9. The molecule has 0 bridgehead atoms. The van der Waals surface area contributed by atoms with E-state index in [4.69, 9.17) is 39.5 Å². The Hall–Kier alpha value is -2.02. The number of piperazine rings is 1. The molecular formula is C25H26Cl3N3O2. The van der Waals surface area contributed by atoms with Crippen molar-refractivity contribution >= 4 is 40.5 Å². The number of hydrogen-bond donors (Lipinski definition) is 1. The van der Waals surface area contributed by atoms with E-state index in [0.29, 0.717) is 34.0 Å². The Morgan fingerprint density at radius 2 is 1.76 bits per heavy atom. The van der Waals surface area contributed by atoms with E-state index in [0.717, 1.165) is 29.9 Å². The van der Waals surface area contributed by atoms with Crippen LogP contribution in [0.2, 0.25) is 15.1 Å². The van der Waals surface area contributed by atoms with Gasteiger partial charge >= 0.3 is 0 Å². The number of β-amino-alcohol motifs (C(OH)–C–C–N with tert-alkyl or cyclic N) is 1. The van der Waals surface area contributed by atoms with Gasteiger partial charge < -0.3 is 14.7 Å². The lowest BCUT2D eigenvalue weighted by molar-refractivity contribution is 0.0100. The second kappa shape index (κ2) is 10.1. The molecule has 2 aromatic carbocycles. The van der Waals surface area contributed by atoms with E-state index < -0.39 is 5.60 Å². The summed E-state index contributed by atoms with van der Waals surface area (Å²) in [5.41, 5.74) is 1.76. The number of anilines is 1. The Kier molecular flexibility index (Phi) is 7.37. The quantitative estimate of drug-likeness (QED) is 0.456. The van der Waals surface area contributed by atoms with Gasteiger partial charge in [-0.15, -0.1) is 0 Å². The van der Waals surface area contributed by atoms with Crippen LogP contribution in [0, 0.1) is 0 Å². The van der Waals surface area contributed by atoms with Crippen LogP contribution in [-0.4, -0.2) is 48.3 Å². The molecule has 0 spiro atoms. The van der Waals surface area contributed by atoms with E-state index >= 15 is 0 Å². The zero-order valence-electron chi connectivity index (χ0n) is 18.5. The first kappa shape index (κ1) is 24.1. The van der Waals surface area contributed by atoms with Gasteiger partial charge in [0.2, 0.25) is 5.88 Å². The third-order valence-electron chi connectivity index (χ3n) is 6.04. The molecule has 5 nitrogen and oxygen atoms in total. The van der Waals surface area contributed by atoms with Gasteiger partial charge in [0.15, 0.2) is 0 Å². The van der Waals surface area contributed by atoms with Crippen LogP contribution in [0.3, 0.4) is 0 Å². The number of rotatable bonds is 6. The molecule has 174 valence electrons. The van der Waals surface area contributed by atoms with E-state index in [9.17, 15) is 5.11 Å². The molecule has 2 heterocycles. The molecule has 0 radical (unpaired) electrons. The minimum atomic E-state index is -1.07. The summed E-state index contributed by atoms with van der Waals surface area (Å²) < 4.78 is 5.23. The highest BCUT2D eigenvalue weighted by atomic mass is 35.5. The highest BCUT2D eigenvalue weighted by molar-refractivity contribution is 6.36. The van der Waals surface area contributed by atoms with Crippen molar-refractivity contribution in [2.24, 2.45) is 0 Å². The molecule has 2 atom stereocenters. The number of methoxy groups -OCH3 is 1. The number of aromatic nitrogens is 1. The molecule has 0 amide bonds. The Morgan fingerprint density at radius 1 is 1.03 bits per heavy atom. The highest BCUT2D eigenvalue weighted by Gasteiger charge is 2.34. The number of aliphatic hydroxyl groups is 1. The standard InChI is InChI=1S/C25H26Cl3N3O2/c1-25(32,18-9-10-29-24(13-18)33-2)16-30-11-12-31(22-8-7-20(27)14-21(22)28)23(15-30)17-3-5-19(26)6-4-17/h3-10,13-14,23,32H,11-12,15-16H2,1-2H3/t23?,25-/m1/s1. The number of hydrogen-bond acceptors (Lipinski definition) is 5. The largest absolute Gasteiger partial charge is 0.481 e. The molecule has 1 aromatic heterocycles. The summed E-state index contributed by atoms with van der Waals surface area (Å²) in [4.78, 5) is 8.71. The fourth-order valence-corrected chi connectivity index (χ4v) is 4.98. The maximum absolute atomic E-state index is 11.3. The predicted molar refractivity (Wildman–Crippen MR) is 135 cm³/mol. The molecule has 1 aliphatic rings. The average molecular weight is 507 g/mol. The number of pyridine rings is 1. The minimum absolute atomic E-state index is 0.0254. The van der Waals surface area contributed by atoms with Gasteiger partial charge in [-0.05, 0) is 54.4 Å². The Bertz CT molecular complexity index is 1110. The lowest BCUT2D eigenvalue weighted by Gasteiger charge is -2.45. The van der Waals surface area contributed by atoms with Crippen LogP contribution < -0.4 is 9.64 Å². The maximum Gasteiger partial charge on any atom is 0.213 e. The SMILES string of the molecule is COc1cc([C@](C)(O)CN2CCN(c3ccc(Cl)cc3Cl)C(c3ccc(Cl)cc3)C2)ccn1. The van der Waals surface area contributed by atoms with Crippen LogP contribution in [0.1, 0.15) is 24.1 Å². The molecule has 8 heteroatoms. The molecular weight excluding hydrogens is 481 g/mol. The Morgan fingerprint density at radius 3 is 2.45 bits per heavy atom. The van der Waals surface area contributed by atoms with Gasteiger partial charge in [-0.25, -0.2) is 4.98 Å². The van der Waals surface area contributed by atoms with Crippen molar-refractivity contribution < 1.29 is 9.84 Å². The van der Waals surface area contributed by atoms with Crippen molar-refractivity contribution in [2.45, 2.75) is 18.6 Å². The normalized spacial score (nSPS) is 18.7. The Labute approximate surface area is 209 Å². The zero-order valence-corrected chi connectivity index (χ0v) is 20.8. The molecule has 1 aliphatic heterocycles. The zero-order chi connectivity index (χ0) is 23.6. The second-order valence-electron chi connectivity index (χ2n) is 8.45. The highest BCUT2D eigenvalue weighted by Crippen LogP contribution is 2.37. The van der Waals surface area contributed by atoms with Crippen molar-refractivity contribution in [3.05, 3.63) is 87.0 Å². The predicted octanol–water partition coefficient (Wildman–Crippen LogP) is 5.82. The van der Waals surface area contributed by atoms with Gasteiger partial charge in [-0.2, -0.15) is 0 Å². The fraction of sp³-hybridized carbons (Fsp3) is 0.320. The number of ether oxygens (including phenoxy) is 1. The van der Waals surface area contributed by atoms with Crippen molar-refractivity contribution in [1.29, 1.82) is 0 Å². The topological polar surface area (TPSA) is 48.8 Å². The van der Waals surface area contributed by atoms with E-state index in [1.54, 1.807) is 25.4 Å². The van der Waals surface area contributed by atoms with Gasteiger partial charge in [0.1, 0.15) is 0 Å². The summed E-state index contributed by atoms with van der Waals surface area (Å²) in [7, 11) is 1.57. The van der Waals surface area contributed by atoms with Crippen LogP contribution in [0.4, 0.5) is 5.69 Å².